The summed E-state index contributed by atoms with van der Waals surface area (Å²) < 4.78 is 4.99. The Kier molecular flexibility index (Phi) is 8.87. The summed E-state index contributed by atoms with van der Waals surface area (Å²) in [6, 6.07) is 75.8. The summed E-state index contributed by atoms with van der Waals surface area (Å²) in [5.74, 6) is 1.94. The van der Waals surface area contributed by atoms with Crippen LogP contribution in [0.15, 0.2) is 212 Å². The topological polar surface area (TPSA) is 38.7 Å². The van der Waals surface area contributed by atoms with Gasteiger partial charge in [0.05, 0.1) is 0 Å². The fourth-order valence-electron chi connectivity index (χ4n) is 8.85. The SMILES string of the molecule is c1ccc(-c2nc(-c3cccc(-c4cccc5sc6ccccc6c45)c3)nc(-c3cccc4sc5ccc(-c6cccc(-c7ccccc7-c7ccccc7)c6)cc5c34)n2)cc1. The third kappa shape index (κ3) is 6.38. The van der Waals surface area contributed by atoms with Crippen molar-refractivity contribution in [1.29, 1.82) is 0 Å². The van der Waals surface area contributed by atoms with Gasteiger partial charge in [0.15, 0.2) is 17.5 Å². The Morgan fingerprint density at radius 3 is 1.45 bits per heavy atom. The standard InChI is InChI=1S/C57H35N3S2/c1-3-15-36(16-4-1)43-23-7-8-24-44(43)40-20-11-19-38(33-40)39-31-32-50-48(35-39)54-47(27-14-30-52(54)62-50)57-59-55(37-17-5-2-6-18-37)58-56(60-57)42-22-12-21-41(34-42)45-26-13-29-51-53(45)46-25-9-10-28-49(46)61-51/h1-35H. The number of rotatable bonds is 7. The molecule has 0 bridgehead atoms. The molecule has 0 spiro atoms. The number of hydrogen-bond donors (Lipinski definition) is 0. The van der Waals surface area contributed by atoms with Crippen molar-refractivity contribution in [3.8, 4) is 78.7 Å². The molecule has 0 radical (unpaired) electrons. The van der Waals surface area contributed by atoms with E-state index in [1.54, 1.807) is 11.3 Å². The largest absolute Gasteiger partial charge is 0.208 e. The van der Waals surface area contributed by atoms with Crippen LogP contribution >= 0.6 is 22.7 Å². The highest BCUT2D eigenvalue weighted by molar-refractivity contribution is 7.26. The van der Waals surface area contributed by atoms with Crippen molar-refractivity contribution >= 4 is 63.0 Å². The number of thiophene rings is 2. The first-order valence-electron chi connectivity index (χ1n) is 20.8. The van der Waals surface area contributed by atoms with Crippen molar-refractivity contribution in [3.63, 3.8) is 0 Å². The van der Waals surface area contributed by atoms with Crippen LogP contribution in [-0.2, 0) is 0 Å². The number of benzene rings is 9. The Bertz CT molecular complexity index is 3640. The van der Waals surface area contributed by atoms with Crippen LogP contribution in [0, 0.1) is 0 Å². The van der Waals surface area contributed by atoms with Crippen LogP contribution in [0.4, 0.5) is 0 Å². The van der Waals surface area contributed by atoms with Gasteiger partial charge in [0.25, 0.3) is 0 Å². The van der Waals surface area contributed by atoms with Gasteiger partial charge in [-0.1, -0.05) is 170 Å². The Hall–Kier alpha value is -7.57. The predicted molar refractivity (Wildman–Crippen MR) is 264 cm³/mol. The molecule has 290 valence electrons. The van der Waals surface area contributed by atoms with Crippen molar-refractivity contribution in [2.45, 2.75) is 0 Å². The average Bonchev–Trinajstić information content (AvgIpc) is 3.93. The highest BCUT2D eigenvalue weighted by Gasteiger charge is 2.19. The van der Waals surface area contributed by atoms with Gasteiger partial charge in [-0.25, -0.2) is 15.0 Å². The molecule has 0 aliphatic heterocycles. The van der Waals surface area contributed by atoms with Crippen LogP contribution in [0.2, 0.25) is 0 Å². The van der Waals surface area contributed by atoms with E-state index in [1.165, 1.54) is 68.3 Å². The second kappa shape index (κ2) is 15.2. The normalized spacial score (nSPS) is 11.5. The summed E-state index contributed by atoms with van der Waals surface area (Å²) in [6.07, 6.45) is 0. The molecule has 3 nitrogen and oxygen atoms in total. The van der Waals surface area contributed by atoms with Gasteiger partial charge < -0.3 is 0 Å². The molecule has 9 aromatic carbocycles. The lowest BCUT2D eigenvalue weighted by Gasteiger charge is -2.12. The second-order valence-corrected chi connectivity index (χ2v) is 17.7. The molecule has 0 N–H and O–H groups in total. The minimum Gasteiger partial charge on any atom is -0.208 e. The third-order valence-electron chi connectivity index (χ3n) is 11.8. The molecule has 0 aliphatic rings. The van der Waals surface area contributed by atoms with Crippen molar-refractivity contribution in [2.75, 3.05) is 0 Å². The van der Waals surface area contributed by atoms with Crippen LogP contribution in [0.3, 0.4) is 0 Å². The molecule has 0 saturated heterocycles. The highest BCUT2D eigenvalue weighted by atomic mass is 32.1. The van der Waals surface area contributed by atoms with Crippen LogP contribution in [0.1, 0.15) is 0 Å². The molecule has 12 aromatic rings. The number of nitrogens with zero attached hydrogens (tertiary/aromatic N) is 3. The fraction of sp³-hybridized carbons (Fsp3) is 0. The Balaban J connectivity index is 0.997. The van der Waals surface area contributed by atoms with Gasteiger partial charge in [0.1, 0.15) is 0 Å². The van der Waals surface area contributed by atoms with Crippen LogP contribution < -0.4 is 0 Å². The van der Waals surface area contributed by atoms with Crippen molar-refractivity contribution < 1.29 is 0 Å². The molecular formula is C57H35N3S2. The second-order valence-electron chi connectivity index (χ2n) is 15.5. The van der Waals surface area contributed by atoms with Gasteiger partial charge in [-0.3, -0.25) is 0 Å². The minimum atomic E-state index is 0.642. The molecule has 3 aromatic heterocycles. The maximum Gasteiger partial charge on any atom is 0.164 e. The molecular weight excluding hydrogens is 791 g/mol. The van der Waals surface area contributed by atoms with Crippen molar-refractivity contribution in [1.82, 2.24) is 15.0 Å². The van der Waals surface area contributed by atoms with Crippen LogP contribution in [0.25, 0.3) is 119 Å². The van der Waals surface area contributed by atoms with Gasteiger partial charge in [-0.05, 0) is 87.0 Å². The van der Waals surface area contributed by atoms with Gasteiger partial charge in [0.2, 0.25) is 0 Å². The molecule has 3 heterocycles. The van der Waals surface area contributed by atoms with Gasteiger partial charge in [0, 0.05) is 57.0 Å². The summed E-state index contributed by atoms with van der Waals surface area (Å²) >= 11 is 3.65. The quantitative estimate of drug-likeness (QED) is 0.161. The lowest BCUT2D eigenvalue weighted by Crippen LogP contribution is -2.00. The third-order valence-corrected chi connectivity index (χ3v) is 14.0. The lowest BCUT2D eigenvalue weighted by atomic mass is 9.92. The first-order chi connectivity index (χ1) is 30.7. The predicted octanol–water partition coefficient (Wildman–Crippen LogP) is 16.3. The average molecular weight is 826 g/mol. The molecule has 62 heavy (non-hydrogen) atoms. The molecule has 0 amide bonds. The maximum absolute atomic E-state index is 5.32. The van der Waals surface area contributed by atoms with Gasteiger partial charge in [-0.15, -0.1) is 22.7 Å². The van der Waals surface area contributed by atoms with E-state index in [9.17, 15) is 0 Å². The van der Waals surface area contributed by atoms with Gasteiger partial charge in [-0.2, -0.15) is 0 Å². The summed E-state index contributed by atoms with van der Waals surface area (Å²) in [5, 5.41) is 4.91. The Morgan fingerprint density at radius 1 is 0.242 bits per heavy atom. The Morgan fingerprint density at radius 2 is 0.694 bits per heavy atom. The van der Waals surface area contributed by atoms with E-state index in [0.717, 1.165) is 33.2 Å². The Labute approximate surface area is 366 Å². The zero-order valence-electron chi connectivity index (χ0n) is 33.4. The van der Waals surface area contributed by atoms with E-state index < -0.39 is 0 Å². The van der Waals surface area contributed by atoms with Gasteiger partial charge >= 0.3 is 0 Å². The van der Waals surface area contributed by atoms with E-state index in [1.807, 2.05) is 29.5 Å². The van der Waals surface area contributed by atoms with E-state index in [0.29, 0.717) is 17.5 Å². The van der Waals surface area contributed by atoms with Crippen molar-refractivity contribution in [2.24, 2.45) is 0 Å². The molecule has 12 rings (SSSR count). The zero-order chi connectivity index (χ0) is 41.0. The molecule has 0 atom stereocenters. The molecule has 0 fully saturated rings. The number of fused-ring (bicyclic) bond motifs is 6. The summed E-state index contributed by atoms with van der Waals surface area (Å²) in [4.78, 5) is 15.7. The maximum atomic E-state index is 5.32. The van der Waals surface area contributed by atoms with Crippen molar-refractivity contribution in [3.05, 3.63) is 212 Å². The first-order valence-corrected chi connectivity index (χ1v) is 22.4. The van der Waals surface area contributed by atoms with E-state index >= 15 is 0 Å². The molecule has 0 saturated carbocycles. The van der Waals surface area contributed by atoms with Crippen LogP contribution in [-0.4, -0.2) is 15.0 Å². The summed E-state index contributed by atoms with van der Waals surface area (Å²) in [7, 11) is 0. The summed E-state index contributed by atoms with van der Waals surface area (Å²) in [5.41, 5.74) is 12.4. The highest BCUT2D eigenvalue weighted by Crippen LogP contribution is 2.43. The lowest BCUT2D eigenvalue weighted by molar-refractivity contribution is 1.08. The molecule has 0 aliphatic carbocycles. The minimum absolute atomic E-state index is 0.642. The fourth-order valence-corrected chi connectivity index (χ4v) is 11.1. The number of aromatic nitrogens is 3. The smallest absolute Gasteiger partial charge is 0.164 e. The molecule has 5 heteroatoms. The van der Waals surface area contributed by atoms with E-state index in [-0.39, 0.29) is 0 Å². The molecule has 0 unspecified atom stereocenters. The van der Waals surface area contributed by atoms with Crippen LogP contribution in [0.5, 0.6) is 0 Å². The number of hydrogen-bond acceptors (Lipinski definition) is 5. The monoisotopic (exact) mass is 825 g/mol. The van der Waals surface area contributed by atoms with E-state index in [4.69, 9.17) is 15.0 Å². The zero-order valence-corrected chi connectivity index (χ0v) is 35.0. The summed E-state index contributed by atoms with van der Waals surface area (Å²) in [6.45, 7) is 0. The van der Waals surface area contributed by atoms with E-state index in [2.05, 4.69) is 194 Å². The first kappa shape index (κ1) is 36.3.